The van der Waals surface area contributed by atoms with Crippen molar-refractivity contribution in [3.63, 3.8) is 0 Å². The Labute approximate surface area is 108 Å². The van der Waals surface area contributed by atoms with Crippen LogP contribution >= 0.6 is 0 Å². The molecule has 2 rings (SSSR count). The molecule has 96 valence electrons. The van der Waals surface area contributed by atoms with E-state index in [2.05, 4.69) is 28.4 Å². The summed E-state index contributed by atoms with van der Waals surface area (Å²) in [6.45, 7) is 4.95. The van der Waals surface area contributed by atoms with E-state index in [-0.39, 0.29) is 5.54 Å². The second-order valence-electron chi connectivity index (χ2n) is 4.53. The van der Waals surface area contributed by atoms with Gasteiger partial charge in [-0.2, -0.15) is 0 Å². The fourth-order valence-corrected chi connectivity index (χ4v) is 2.38. The molecule has 0 bridgehead atoms. The number of imidazole rings is 1. The third-order valence-corrected chi connectivity index (χ3v) is 3.80. The standard InChI is InChI=1S/C14H20N4/c1-3-14(4-2,10-15)18-11-17-9-13(18)12-6-5-7-16-8-12/h5-9,11H,3-4,10,15H2,1-2H3. The predicted octanol–water partition coefficient (Wildman–Crippen LogP) is 2.42. The van der Waals surface area contributed by atoms with E-state index in [4.69, 9.17) is 5.73 Å². The van der Waals surface area contributed by atoms with E-state index in [9.17, 15) is 0 Å². The van der Waals surface area contributed by atoms with Gasteiger partial charge in [-0.1, -0.05) is 13.8 Å². The molecule has 0 radical (unpaired) electrons. The monoisotopic (exact) mass is 244 g/mol. The number of nitrogens with two attached hydrogens (primary N) is 1. The van der Waals surface area contributed by atoms with Gasteiger partial charge < -0.3 is 10.3 Å². The van der Waals surface area contributed by atoms with Crippen molar-refractivity contribution in [2.75, 3.05) is 6.54 Å². The summed E-state index contributed by atoms with van der Waals surface area (Å²) in [6.07, 6.45) is 9.38. The molecule has 0 saturated carbocycles. The number of pyridine rings is 1. The molecule has 4 nitrogen and oxygen atoms in total. The second-order valence-corrected chi connectivity index (χ2v) is 4.53. The Balaban J connectivity index is 2.51. The van der Waals surface area contributed by atoms with Gasteiger partial charge in [0.05, 0.1) is 23.8 Å². The summed E-state index contributed by atoms with van der Waals surface area (Å²) in [5, 5.41) is 0. The van der Waals surface area contributed by atoms with Crippen molar-refractivity contribution in [2.24, 2.45) is 5.73 Å². The molecule has 0 aromatic carbocycles. The van der Waals surface area contributed by atoms with Gasteiger partial charge in [0, 0.05) is 24.5 Å². The summed E-state index contributed by atoms with van der Waals surface area (Å²) < 4.78 is 2.20. The van der Waals surface area contributed by atoms with E-state index in [0.29, 0.717) is 6.54 Å². The molecule has 0 aliphatic heterocycles. The molecule has 4 heteroatoms. The SMILES string of the molecule is CCC(CC)(CN)n1cncc1-c1cccnc1. The fourth-order valence-electron chi connectivity index (χ4n) is 2.38. The molecule has 0 fully saturated rings. The molecule has 0 spiro atoms. The highest BCUT2D eigenvalue weighted by Gasteiger charge is 2.28. The summed E-state index contributed by atoms with van der Waals surface area (Å²) in [5.74, 6) is 0. The minimum atomic E-state index is -0.0539. The lowest BCUT2D eigenvalue weighted by Crippen LogP contribution is -2.40. The van der Waals surface area contributed by atoms with E-state index in [1.54, 1.807) is 6.20 Å². The molecule has 0 atom stereocenters. The maximum atomic E-state index is 6.00. The third kappa shape index (κ3) is 2.04. The van der Waals surface area contributed by atoms with Crippen molar-refractivity contribution in [1.29, 1.82) is 0 Å². The maximum Gasteiger partial charge on any atom is 0.0956 e. The van der Waals surface area contributed by atoms with Gasteiger partial charge in [-0.15, -0.1) is 0 Å². The highest BCUT2D eigenvalue weighted by Crippen LogP contribution is 2.30. The van der Waals surface area contributed by atoms with E-state index in [0.717, 1.165) is 24.1 Å². The van der Waals surface area contributed by atoms with Crippen molar-refractivity contribution in [3.05, 3.63) is 37.1 Å². The summed E-state index contributed by atoms with van der Waals surface area (Å²) >= 11 is 0. The molecule has 2 aromatic heterocycles. The van der Waals surface area contributed by atoms with Gasteiger partial charge in [-0.05, 0) is 25.0 Å². The molecule has 2 heterocycles. The van der Waals surface area contributed by atoms with Gasteiger partial charge in [0.15, 0.2) is 0 Å². The first-order chi connectivity index (χ1) is 8.77. The molecule has 18 heavy (non-hydrogen) atoms. The lowest BCUT2D eigenvalue weighted by atomic mass is 9.92. The minimum absolute atomic E-state index is 0.0539. The minimum Gasteiger partial charge on any atom is -0.328 e. The molecular formula is C14H20N4. The largest absolute Gasteiger partial charge is 0.328 e. The van der Waals surface area contributed by atoms with Crippen LogP contribution in [0.1, 0.15) is 26.7 Å². The Morgan fingerprint density at radius 1 is 1.22 bits per heavy atom. The first-order valence-corrected chi connectivity index (χ1v) is 6.40. The number of hydrogen-bond acceptors (Lipinski definition) is 3. The van der Waals surface area contributed by atoms with Crippen molar-refractivity contribution in [1.82, 2.24) is 14.5 Å². The summed E-state index contributed by atoms with van der Waals surface area (Å²) in [4.78, 5) is 8.46. The third-order valence-electron chi connectivity index (χ3n) is 3.80. The maximum absolute atomic E-state index is 6.00. The van der Waals surface area contributed by atoms with Gasteiger partial charge in [0.1, 0.15) is 0 Å². The summed E-state index contributed by atoms with van der Waals surface area (Å²) in [7, 11) is 0. The summed E-state index contributed by atoms with van der Waals surface area (Å²) in [5.41, 5.74) is 8.11. The Morgan fingerprint density at radius 3 is 2.56 bits per heavy atom. The quantitative estimate of drug-likeness (QED) is 0.878. The Kier molecular flexibility index (Phi) is 3.77. The lowest BCUT2D eigenvalue weighted by Gasteiger charge is -2.33. The second kappa shape index (κ2) is 5.31. The van der Waals surface area contributed by atoms with Crippen molar-refractivity contribution in [3.8, 4) is 11.3 Å². The van der Waals surface area contributed by atoms with Gasteiger partial charge in [0.25, 0.3) is 0 Å². The van der Waals surface area contributed by atoms with Crippen LogP contribution in [-0.4, -0.2) is 21.1 Å². The number of aromatic nitrogens is 3. The highest BCUT2D eigenvalue weighted by atomic mass is 15.1. The number of rotatable bonds is 5. The normalized spacial score (nSPS) is 11.7. The van der Waals surface area contributed by atoms with Gasteiger partial charge in [-0.3, -0.25) is 4.98 Å². The Hall–Kier alpha value is -1.68. The first kappa shape index (κ1) is 12.8. The zero-order valence-electron chi connectivity index (χ0n) is 11.0. The van der Waals surface area contributed by atoms with Crippen LogP contribution in [0.5, 0.6) is 0 Å². The van der Waals surface area contributed by atoms with Crippen LogP contribution < -0.4 is 5.73 Å². The van der Waals surface area contributed by atoms with Crippen LogP contribution in [-0.2, 0) is 5.54 Å². The van der Waals surface area contributed by atoms with Crippen LogP contribution in [0.3, 0.4) is 0 Å². The Bertz CT molecular complexity index is 477. The molecular weight excluding hydrogens is 224 g/mol. The number of hydrogen-bond donors (Lipinski definition) is 1. The molecule has 2 aromatic rings. The molecule has 0 amide bonds. The van der Waals surface area contributed by atoms with Gasteiger partial charge >= 0.3 is 0 Å². The van der Waals surface area contributed by atoms with Gasteiger partial charge in [0.2, 0.25) is 0 Å². The van der Waals surface area contributed by atoms with Crippen LogP contribution in [0, 0.1) is 0 Å². The fraction of sp³-hybridized carbons (Fsp3) is 0.429. The average Bonchev–Trinajstić information content (AvgIpc) is 2.93. The van der Waals surface area contributed by atoms with Crippen molar-refractivity contribution < 1.29 is 0 Å². The van der Waals surface area contributed by atoms with Crippen LogP contribution in [0.4, 0.5) is 0 Å². The topological polar surface area (TPSA) is 56.7 Å². The molecule has 0 saturated heterocycles. The van der Waals surface area contributed by atoms with Crippen LogP contribution in [0.2, 0.25) is 0 Å². The van der Waals surface area contributed by atoms with E-state index in [1.807, 2.05) is 30.9 Å². The molecule has 0 unspecified atom stereocenters. The average molecular weight is 244 g/mol. The lowest BCUT2D eigenvalue weighted by molar-refractivity contribution is 0.274. The van der Waals surface area contributed by atoms with Crippen LogP contribution in [0.15, 0.2) is 37.1 Å². The van der Waals surface area contributed by atoms with E-state index < -0.39 is 0 Å². The van der Waals surface area contributed by atoms with Crippen LogP contribution in [0.25, 0.3) is 11.3 Å². The van der Waals surface area contributed by atoms with Crippen molar-refractivity contribution in [2.45, 2.75) is 32.2 Å². The number of nitrogens with zero attached hydrogens (tertiary/aromatic N) is 3. The Morgan fingerprint density at radius 2 is 2.00 bits per heavy atom. The molecule has 2 N–H and O–H groups in total. The molecule has 0 aliphatic carbocycles. The van der Waals surface area contributed by atoms with Crippen molar-refractivity contribution >= 4 is 0 Å². The zero-order valence-corrected chi connectivity index (χ0v) is 11.0. The smallest absolute Gasteiger partial charge is 0.0956 e. The van der Waals surface area contributed by atoms with Gasteiger partial charge in [-0.25, -0.2) is 4.98 Å². The zero-order chi connectivity index (χ0) is 13.0. The first-order valence-electron chi connectivity index (χ1n) is 6.40. The van der Waals surface area contributed by atoms with E-state index in [1.165, 1.54) is 0 Å². The summed E-state index contributed by atoms with van der Waals surface area (Å²) in [6, 6.07) is 3.99. The highest BCUT2D eigenvalue weighted by molar-refractivity contribution is 5.57. The molecule has 0 aliphatic rings. The van der Waals surface area contributed by atoms with E-state index >= 15 is 0 Å². The predicted molar refractivity (Wildman–Crippen MR) is 73.1 cm³/mol.